The first-order chi connectivity index (χ1) is 8.61. The molecule has 0 spiro atoms. The quantitative estimate of drug-likeness (QED) is 0.888. The molecule has 2 rings (SSSR count). The minimum absolute atomic E-state index is 0.400. The van der Waals surface area contributed by atoms with Gasteiger partial charge in [-0.15, -0.1) is 0 Å². The van der Waals surface area contributed by atoms with Crippen molar-refractivity contribution in [1.29, 1.82) is 0 Å². The highest BCUT2D eigenvalue weighted by atomic mass is 15.2. The number of hydrogen-bond donors (Lipinski definition) is 1. The Morgan fingerprint density at radius 2 is 1.89 bits per heavy atom. The first-order valence-corrected chi connectivity index (χ1v) is 7.13. The second-order valence-electron chi connectivity index (χ2n) is 5.81. The SMILES string of the molecule is Cc1ccc([C@H](CN)N2CCC(C)CC2)cc1C. The molecule has 2 N–H and O–H groups in total. The first-order valence-electron chi connectivity index (χ1n) is 7.13. The van der Waals surface area contributed by atoms with Crippen molar-refractivity contribution < 1.29 is 0 Å². The topological polar surface area (TPSA) is 29.3 Å². The molecule has 0 saturated carbocycles. The largest absolute Gasteiger partial charge is 0.329 e. The van der Waals surface area contributed by atoms with E-state index in [2.05, 4.69) is 43.9 Å². The Balaban J connectivity index is 2.14. The minimum atomic E-state index is 0.400. The van der Waals surface area contributed by atoms with Gasteiger partial charge in [-0.05, 0) is 62.4 Å². The Hall–Kier alpha value is -0.860. The van der Waals surface area contributed by atoms with Crippen molar-refractivity contribution in [3.05, 3.63) is 34.9 Å². The lowest BCUT2D eigenvalue weighted by molar-refractivity contribution is 0.141. The van der Waals surface area contributed by atoms with Gasteiger partial charge >= 0.3 is 0 Å². The Bertz CT molecular complexity index is 392. The van der Waals surface area contributed by atoms with E-state index < -0.39 is 0 Å². The predicted octanol–water partition coefficient (Wildman–Crippen LogP) is 3.04. The number of nitrogens with zero attached hydrogens (tertiary/aromatic N) is 1. The highest BCUT2D eigenvalue weighted by molar-refractivity contribution is 5.32. The van der Waals surface area contributed by atoms with Gasteiger partial charge in [0, 0.05) is 12.6 Å². The van der Waals surface area contributed by atoms with Crippen molar-refractivity contribution in [2.24, 2.45) is 11.7 Å². The summed E-state index contributed by atoms with van der Waals surface area (Å²) in [4.78, 5) is 2.56. The number of likely N-dealkylation sites (tertiary alicyclic amines) is 1. The third kappa shape index (κ3) is 2.93. The van der Waals surface area contributed by atoms with Gasteiger partial charge in [0.1, 0.15) is 0 Å². The summed E-state index contributed by atoms with van der Waals surface area (Å²) in [6, 6.07) is 7.18. The second kappa shape index (κ2) is 5.85. The van der Waals surface area contributed by atoms with Crippen LogP contribution in [0.2, 0.25) is 0 Å². The van der Waals surface area contributed by atoms with Crippen molar-refractivity contribution in [3.63, 3.8) is 0 Å². The minimum Gasteiger partial charge on any atom is -0.329 e. The third-order valence-electron chi connectivity index (χ3n) is 4.40. The molecule has 1 aromatic carbocycles. The van der Waals surface area contributed by atoms with Crippen LogP contribution in [-0.2, 0) is 0 Å². The van der Waals surface area contributed by atoms with Crippen LogP contribution >= 0.6 is 0 Å². The summed E-state index contributed by atoms with van der Waals surface area (Å²) in [6.45, 7) is 9.80. The van der Waals surface area contributed by atoms with Crippen molar-refractivity contribution in [2.45, 2.75) is 39.7 Å². The number of piperidine rings is 1. The van der Waals surface area contributed by atoms with E-state index in [1.165, 1.54) is 42.6 Å². The number of aryl methyl sites for hydroxylation is 2. The van der Waals surface area contributed by atoms with Gasteiger partial charge in [-0.3, -0.25) is 4.90 Å². The maximum Gasteiger partial charge on any atom is 0.0470 e. The zero-order valence-corrected chi connectivity index (χ0v) is 11.9. The monoisotopic (exact) mass is 246 g/mol. The van der Waals surface area contributed by atoms with E-state index in [1.807, 2.05) is 0 Å². The normalized spacial score (nSPS) is 20.0. The number of rotatable bonds is 3. The number of nitrogens with two attached hydrogens (primary N) is 1. The Labute approximate surface area is 111 Å². The van der Waals surface area contributed by atoms with Gasteiger partial charge in [0.25, 0.3) is 0 Å². The van der Waals surface area contributed by atoms with Gasteiger partial charge in [-0.1, -0.05) is 25.1 Å². The second-order valence-corrected chi connectivity index (χ2v) is 5.81. The average Bonchev–Trinajstić information content (AvgIpc) is 2.37. The molecule has 100 valence electrons. The lowest BCUT2D eigenvalue weighted by Gasteiger charge is -2.36. The van der Waals surface area contributed by atoms with Crippen LogP contribution in [0.15, 0.2) is 18.2 Å². The van der Waals surface area contributed by atoms with Crippen molar-refractivity contribution in [1.82, 2.24) is 4.90 Å². The molecule has 1 aliphatic heterocycles. The summed E-state index contributed by atoms with van der Waals surface area (Å²) in [6.07, 6.45) is 2.61. The Kier molecular flexibility index (Phi) is 4.41. The Morgan fingerprint density at radius 1 is 1.22 bits per heavy atom. The summed E-state index contributed by atoms with van der Waals surface area (Å²) >= 11 is 0. The molecule has 1 aromatic rings. The van der Waals surface area contributed by atoms with Crippen LogP contribution in [0.25, 0.3) is 0 Å². The molecule has 0 aliphatic carbocycles. The highest BCUT2D eigenvalue weighted by Crippen LogP contribution is 2.27. The number of benzene rings is 1. The zero-order valence-electron chi connectivity index (χ0n) is 11.9. The van der Waals surface area contributed by atoms with Crippen LogP contribution in [-0.4, -0.2) is 24.5 Å². The molecular formula is C16H26N2. The summed E-state index contributed by atoms with van der Waals surface area (Å²) in [5.41, 5.74) is 10.1. The van der Waals surface area contributed by atoms with Crippen LogP contribution in [0.3, 0.4) is 0 Å². The molecule has 18 heavy (non-hydrogen) atoms. The fourth-order valence-corrected chi connectivity index (χ4v) is 2.81. The number of hydrogen-bond acceptors (Lipinski definition) is 2. The van der Waals surface area contributed by atoms with Crippen LogP contribution in [0.1, 0.15) is 42.5 Å². The van der Waals surface area contributed by atoms with E-state index in [0.717, 1.165) is 12.5 Å². The molecule has 2 heteroatoms. The molecule has 2 nitrogen and oxygen atoms in total. The zero-order chi connectivity index (χ0) is 13.1. The molecule has 1 fully saturated rings. The van der Waals surface area contributed by atoms with Crippen LogP contribution in [0, 0.1) is 19.8 Å². The van der Waals surface area contributed by atoms with E-state index in [0.29, 0.717) is 6.04 Å². The van der Waals surface area contributed by atoms with Gasteiger partial charge in [-0.2, -0.15) is 0 Å². The fourth-order valence-electron chi connectivity index (χ4n) is 2.81. The van der Waals surface area contributed by atoms with Crippen molar-refractivity contribution in [2.75, 3.05) is 19.6 Å². The van der Waals surface area contributed by atoms with E-state index >= 15 is 0 Å². The van der Waals surface area contributed by atoms with E-state index in [9.17, 15) is 0 Å². The summed E-state index contributed by atoms with van der Waals surface area (Å²) in [7, 11) is 0. The smallest absolute Gasteiger partial charge is 0.0470 e. The molecule has 1 heterocycles. The van der Waals surface area contributed by atoms with E-state index in [-0.39, 0.29) is 0 Å². The van der Waals surface area contributed by atoms with Crippen LogP contribution in [0.5, 0.6) is 0 Å². The molecule has 1 aliphatic rings. The molecule has 0 radical (unpaired) electrons. The van der Waals surface area contributed by atoms with Crippen LogP contribution in [0.4, 0.5) is 0 Å². The standard InChI is InChI=1S/C16H26N2/c1-12-6-8-18(9-7-12)16(11-17)15-5-4-13(2)14(3)10-15/h4-5,10,12,16H,6-9,11,17H2,1-3H3/t16-/m0/s1. The molecular weight excluding hydrogens is 220 g/mol. The lowest BCUT2D eigenvalue weighted by atomic mass is 9.94. The molecule has 1 saturated heterocycles. The van der Waals surface area contributed by atoms with E-state index in [1.54, 1.807) is 0 Å². The molecule has 0 bridgehead atoms. The third-order valence-corrected chi connectivity index (χ3v) is 4.40. The van der Waals surface area contributed by atoms with Gasteiger partial charge in [0.15, 0.2) is 0 Å². The highest BCUT2D eigenvalue weighted by Gasteiger charge is 2.23. The molecule has 0 aromatic heterocycles. The maximum absolute atomic E-state index is 6.02. The lowest BCUT2D eigenvalue weighted by Crippen LogP contribution is -2.39. The maximum atomic E-state index is 6.02. The molecule has 0 unspecified atom stereocenters. The van der Waals surface area contributed by atoms with Crippen LogP contribution < -0.4 is 5.73 Å². The fraction of sp³-hybridized carbons (Fsp3) is 0.625. The average molecular weight is 246 g/mol. The predicted molar refractivity (Wildman–Crippen MR) is 77.7 cm³/mol. The first kappa shape index (κ1) is 13.6. The Morgan fingerprint density at radius 3 is 2.44 bits per heavy atom. The molecule has 0 amide bonds. The van der Waals surface area contributed by atoms with E-state index in [4.69, 9.17) is 5.73 Å². The molecule has 1 atom stereocenters. The van der Waals surface area contributed by atoms with Crippen molar-refractivity contribution >= 4 is 0 Å². The van der Waals surface area contributed by atoms with Gasteiger partial charge in [0.05, 0.1) is 0 Å². The summed E-state index contributed by atoms with van der Waals surface area (Å²) < 4.78 is 0. The summed E-state index contributed by atoms with van der Waals surface area (Å²) in [5, 5.41) is 0. The van der Waals surface area contributed by atoms with Gasteiger partial charge < -0.3 is 5.73 Å². The summed E-state index contributed by atoms with van der Waals surface area (Å²) in [5.74, 6) is 0.874. The van der Waals surface area contributed by atoms with Gasteiger partial charge in [-0.25, -0.2) is 0 Å². The van der Waals surface area contributed by atoms with Crippen molar-refractivity contribution in [3.8, 4) is 0 Å². The van der Waals surface area contributed by atoms with Gasteiger partial charge in [0.2, 0.25) is 0 Å².